The van der Waals surface area contributed by atoms with Crippen LogP contribution in [0.1, 0.15) is 13.8 Å². The molecular weight excluding hydrogens is 130 g/mol. The molecule has 0 bridgehead atoms. The number of nitrogens with one attached hydrogen (secondary N) is 1. The first-order valence-electron chi connectivity index (χ1n) is 2.99. The fraction of sp³-hybridized carbons (Fsp3) is 0.429. The lowest BCUT2D eigenvalue weighted by atomic mass is 10.2. The molecule has 0 saturated heterocycles. The molecule has 0 saturated carbocycles. The third-order valence-electron chi connectivity index (χ3n) is 0.871. The van der Waals surface area contributed by atoms with Gasteiger partial charge in [-0.1, -0.05) is 5.57 Å². The predicted molar refractivity (Wildman–Crippen MR) is 38.5 cm³/mol. The van der Waals surface area contributed by atoms with E-state index in [9.17, 15) is 9.59 Å². The van der Waals surface area contributed by atoms with Gasteiger partial charge in [0.15, 0.2) is 0 Å². The summed E-state index contributed by atoms with van der Waals surface area (Å²) < 4.78 is 0. The Morgan fingerprint density at radius 1 is 1.30 bits per heavy atom. The minimum atomic E-state index is -0.568. The van der Waals surface area contributed by atoms with E-state index >= 15 is 0 Å². The van der Waals surface area contributed by atoms with Crippen LogP contribution in [0, 0.1) is 0 Å². The fourth-order valence-corrected chi connectivity index (χ4v) is 0.451. The summed E-state index contributed by atoms with van der Waals surface area (Å²) in [6.45, 7) is 3.53. The van der Waals surface area contributed by atoms with Crippen molar-refractivity contribution in [3.05, 3.63) is 11.6 Å². The van der Waals surface area contributed by atoms with E-state index in [1.54, 1.807) is 13.8 Å². The quantitative estimate of drug-likeness (QED) is 0.443. The van der Waals surface area contributed by atoms with E-state index < -0.39 is 11.7 Å². The Morgan fingerprint density at radius 3 is 2.10 bits per heavy atom. The van der Waals surface area contributed by atoms with Gasteiger partial charge in [-0.3, -0.25) is 9.59 Å². The first kappa shape index (κ1) is 8.88. The molecule has 0 rings (SSSR count). The maximum absolute atomic E-state index is 10.7. The van der Waals surface area contributed by atoms with E-state index in [0.717, 1.165) is 5.57 Å². The topological polar surface area (TPSA) is 46.2 Å². The normalized spacial score (nSPS) is 8.30. The highest BCUT2D eigenvalue weighted by Crippen LogP contribution is 1.88. The van der Waals surface area contributed by atoms with Crippen molar-refractivity contribution >= 4 is 11.7 Å². The van der Waals surface area contributed by atoms with Crippen LogP contribution < -0.4 is 5.32 Å². The van der Waals surface area contributed by atoms with E-state index in [2.05, 4.69) is 5.32 Å². The molecule has 0 aromatic heterocycles. The van der Waals surface area contributed by atoms with Crippen molar-refractivity contribution in [1.29, 1.82) is 0 Å². The summed E-state index contributed by atoms with van der Waals surface area (Å²) in [7, 11) is 1.43. The van der Waals surface area contributed by atoms with Crippen LogP contribution in [0.15, 0.2) is 11.6 Å². The summed E-state index contributed by atoms with van der Waals surface area (Å²) in [5.41, 5.74) is 0.827. The third kappa shape index (κ3) is 3.02. The van der Waals surface area contributed by atoms with Gasteiger partial charge < -0.3 is 5.32 Å². The average Bonchev–Trinajstić information content (AvgIpc) is 1.85. The van der Waals surface area contributed by atoms with Crippen LogP contribution in [0.5, 0.6) is 0 Å². The van der Waals surface area contributed by atoms with Gasteiger partial charge in [0.05, 0.1) is 0 Å². The summed E-state index contributed by atoms with van der Waals surface area (Å²) in [5.74, 6) is -1.07. The second kappa shape index (κ2) is 3.82. The summed E-state index contributed by atoms with van der Waals surface area (Å²) >= 11 is 0. The van der Waals surface area contributed by atoms with Crippen molar-refractivity contribution in [2.24, 2.45) is 0 Å². The molecule has 0 aromatic rings. The number of hydrogen-bond donors (Lipinski definition) is 1. The van der Waals surface area contributed by atoms with Crippen molar-refractivity contribution in [3.63, 3.8) is 0 Å². The number of amides is 1. The van der Waals surface area contributed by atoms with Crippen LogP contribution in [0.25, 0.3) is 0 Å². The molecule has 3 nitrogen and oxygen atoms in total. The van der Waals surface area contributed by atoms with E-state index in [1.165, 1.54) is 13.1 Å². The minimum absolute atomic E-state index is 0.498. The maximum atomic E-state index is 10.7. The molecule has 0 unspecified atom stereocenters. The zero-order valence-corrected chi connectivity index (χ0v) is 6.39. The molecule has 0 radical (unpaired) electrons. The van der Waals surface area contributed by atoms with Crippen molar-refractivity contribution in [2.75, 3.05) is 7.05 Å². The molecule has 1 N–H and O–H groups in total. The first-order chi connectivity index (χ1) is 4.57. The van der Waals surface area contributed by atoms with E-state index in [0.29, 0.717) is 0 Å². The number of carbonyl (C=O) groups excluding carboxylic acids is 2. The molecule has 56 valence electrons. The van der Waals surface area contributed by atoms with Gasteiger partial charge in [0, 0.05) is 7.05 Å². The van der Waals surface area contributed by atoms with Gasteiger partial charge in [-0.15, -0.1) is 0 Å². The monoisotopic (exact) mass is 141 g/mol. The second-order valence-electron chi connectivity index (χ2n) is 2.17. The van der Waals surface area contributed by atoms with Gasteiger partial charge in [0.2, 0.25) is 5.78 Å². The molecule has 3 heteroatoms. The summed E-state index contributed by atoms with van der Waals surface area (Å²) in [6, 6.07) is 0. The Hall–Kier alpha value is -1.12. The number of allylic oxidation sites excluding steroid dienone is 1. The Labute approximate surface area is 60.1 Å². The smallest absolute Gasteiger partial charge is 0.291 e. The Kier molecular flexibility index (Phi) is 3.39. The van der Waals surface area contributed by atoms with Crippen LogP contribution in [0.2, 0.25) is 0 Å². The molecular formula is C7H11NO2. The van der Waals surface area contributed by atoms with Crippen LogP contribution in [-0.2, 0) is 9.59 Å². The van der Waals surface area contributed by atoms with Crippen molar-refractivity contribution < 1.29 is 9.59 Å². The van der Waals surface area contributed by atoms with Gasteiger partial charge in [0.25, 0.3) is 5.91 Å². The molecule has 0 aliphatic rings. The number of likely N-dealkylation sites (N-methyl/N-ethyl adjacent to an activating group) is 1. The van der Waals surface area contributed by atoms with Crippen LogP contribution in [0.3, 0.4) is 0 Å². The number of ketones is 1. The number of hydrogen-bond acceptors (Lipinski definition) is 2. The predicted octanol–water partition coefficient (Wildman–Crippen LogP) is 0.268. The summed E-state index contributed by atoms with van der Waals surface area (Å²) in [4.78, 5) is 21.2. The molecule has 0 aromatic carbocycles. The largest absolute Gasteiger partial charge is 0.352 e. The highest BCUT2D eigenvalue weighted by atomic mass is 16.2. The molecule has 0 spiro atoms. The van der Waals surface area contributed by atoms with Crippen molar-refractivity contribution in [2.45, 2.75) is 13.8 Å². The second-order valence-corrected chi connectivity index (χ2v) is 2.17. The Morgan fingerprint density at radius 2 is 1.80 bits per heavy atom. The third-order valence-corrected chi connectivity index (χ3v) is 0.871. The van der Waals surface area contributed by atoms with E-state index in [1.807, 2.05) is 0 Å². The lowest BCUT2D eigenvalue weighted by Gasteiger charge is -1.91. The number of rotatable bonds is 2. The molecule has 10 heavy (non-hydrogen) atoms. The van der Waals surface area contributed by atoms with Crippen molar-refractivity contribution in [1.82, 2.24) is 5.32 Å². The van der Waals surface area contributed by atoms with Crippen LogP contribution >= 0.6 is 0 Å². The average molecular weight is 141 g/mol. The maximum Gasteiger partial charge on any atom is 0.291 e. The van der Waals surface area contributed by atoms with Gasteiger partial charge in [-0.2, -0.15) is 0 Å². The van der Waals surface area contributed by atoms with Gasteiger partial charge >= 0.3 is 0 Å². The Balaban J connectivity index is 4.11. The first-order valence-corrected chi connectivity index (χ1v) is 2.99. The molecule has 0 heterocycles. The van der Waals surface area contributed by atoms with Crippen molar-refractivity contribution in [3.8, 4) is 0 Å². The summed E-state index contributed by atoms with van der Waals surface area (Å²) in [6.07, 6.45) is 1.30. The molecule has 1 amide bonds. The SMILES string of the molecule is CNC(=O)C(=O)C=C(C)C. The minimum Gasteiger partial charge on any atom is -0.352 e. The molecule has 0 aliphatic heterocycles. The standard InChI is InChI=1S/C7H11NO2/c1-5(2)4-6(9)7(10)8-3/h4H,1-3H3,(H,8,10). The van der Waals surface area contributed by atoms with Crippen LogP contribution in [0.4, 0.5) is 0 Å². The lowest BCUT2D eigenvalue weighted by Crippen LogP contribution is -2.25. The number of carbonyl (C=O) groups is 2. The zero-order valence-electron chi connectivity index (χ0n) is 6.39. The zero-order chi connectivity index (χ0) is 8.15. The van der Waals surface area contributed by atoms with Gasteiger partial charge in [0.1, 0.15) is 0 Å². The lowest BCUT2D eigenvalue weighted by molar-refractivity contribution is -0.134. The van der Waals surface area contributed by atoms with Crippen LogP contribution in [-0.4, -0.2) is 18.7 Å². The summed E-state index contributed by atoms with van der Waals surface area (Å²) in [5, 5.41) is 2.24. The molecule has 0 atom stereocenters. The Bertz CT molecular complexity index is 178. The highest BCUT2D eigenvalue weighted by Gasteiger charge is 2.05. The molecule has 0 fully saturated rings. The fourth-order valence-electron chi connectivity index (χ4n) is 0.451. The van der Waals surface area contributed by atoms with Gasteiger partial charge in [-0.05, 0) is 19.9 Å². The van der Waals surface area contributed by atoms with E-state index in [-0.39, 0.29) is 0 Å². The van der Waals surface area contributed by atoms with Gasteiger partial charge in [-0.25, -0.2) is 0 Å². The highest BCUT2D eigenvalue weighted by molar-refractivity contribution is 6.40. The molecule has 0 aliphatic carbocycles. The van der Waals surface area contributed by atoms with E-state index in [4.69, 9.17) is 0 Å².